The zero-order valence-corrected chi connectivity index (χ0v) is 28.4. The molecule has 1 aromatic carbocycles. The number of hydrogen-bond acceptors (Lipinski definition) is 6. The number of benzene rings is 1. The molecule has 3 aromatic rings. The Labute approximate surface area is 264 Å². The molecule has 0 aliphatic carbocycles. The van der Waals surface area contributed by atoms with Crippen molar-refractivity contribution in [3.63, 3.8) is 0 Å². The molecule has 0 unspecified atom stereocenters. The molecule has 1 saturated heterocycles. The van der Waals surface area contributed by atoms with Crippen LogP contribution in [0.25, 0.3) is 22.2 Å². The number of aryl methyl sites for hydroxylation is 1. The number of nitrogens with zero attached hydrogens (tertiary/aromatic N) is 3. The van der Waals surface area contributed by atoms with Crippen molar-refractivity contribution in [3.8, 4) is 11.3 Å². The molecule has 2 atom stereocenters. The lowest BCUT2D eigenvalue weighted by Crippen LogP contribution is -2.43. The number of fused-ring (bicyclic) bond motifs is 1. The maximum atomic E-state index is 13.3. The first kappa shape index (κ1) is 33.0. The van der Waals surface area contributed by atoms with Gasteiger partial charge in [-0.05, 0) is 103 Å². The van der Waals surface area contributed by atoms with Gasteiger partial charge in [-0.3, -0.25) is 9.78 Å². The van der Waals surface area contributed by atoms with Gasteiger partial charge in [-0.1, -0.05) is 15.9 Å². The average molecular weight is 657 g/mol. The molecule has 0 N–H and O–H groups in total. The van der Waals surface area contributed by atoms with Crippen LogP contribution in [0, 0.1) is 5.92 Å². The van der Waals surface area contributed by atoms with Gasteiger partial charge in [0, 0.05) is 60.3 Å². The smallest absolute Gasteiger partial charge is 0.410 e. The summed E-state index contributed by atoms with van der Waals surface area (Å²) in [5.41, 5.74) is 3.81. The number of likely N-dealkylation sites (tertiary alicyclic amines) is 1. The fourth-order valence-electron chi connectivity index (χ4n) is 6.04. The lowest BCUT2D eigenvalue weighted by Gasteiger charge is -2.34. The summed E-state index contributed by atoms with van der Waals surface area (Å²) in [4.78, 5) is 32.4. The van der Waals surface area contributed by atoms with Crippen LogP contribution in [0.2, 0.25) is 0 Å². The summed E-state index contributed by atoms with van der Waals surface area (Å²) in [6.07, 6.45) is 3.76. The molecule has 0 saturated carbocycles. The van der Waals surface area contributed by atoms with Crippen LogP contribution in [0.1, 0.15) is 85.1 Å². The Bertz CT molecular complexity index is 1460. The van der Waals surface area contributed by atoms with E-state index in [4.69, 9.17) is 19.2 Å². The molecular weight excluding hydrogens is 610 g/mol. The summed E-state index contributed by atoms with van der Waals surface area (Å²) in [7, 11) is 1.69. The summed E-state index contributed by atoms with van der Waals surface area (Å²) in [5.74, 6) is -0.218. The summed E-state index contributed by atoms with van der Waals surface area (Å²) < 4.78 is 20.8. The fourth-order valence-corrected chi connectivity index (χ4v) is 6.40. The molecule has 4 rings (SSSR count). The Hall–Kier alpha value is -2.91. The Balaban J connectivity index is 1.61. The molecule has 8 nitrogen and oxygen atoms in total. The topological polar surface area (TPSA) is 82.9 Å². The largest absolute Gasteiger partial charge is 0.459 e. The van der Waals surface area contributed by atoms with Crippen molar-refractivity contribution in [2.45, 2.75) is 98.0 Å². The molecule has 0 spiro atoms. The zero-order valence-electron chi connectivity index (χ0n) is 26.8. The van der Waals surface area contributed by atoms with E-state index in [1.165, 1.54) is 0 Å². The Morgan fingerprint density at radius 3 is 2.56 bits per heavy atom. The van der Waals surface area contributed by atoms with Crippen molar-refractivity contribution in [3.05, 3.63) is 52.3 Å². The van der Waals surface area contributed by atoms with Gasteiger partial charge < -0.3 is 23.7 Å². The second-order valence-electron chi connectivity index (χ2n) is 13.1. The van der Waals surface area contributed by atoms with E-state index in [1.54, 1.807) is 18.2 Å². The Morgan fingerprint density at radius 2 is 1.88 bits per heavy atom. The zero-order chi connectivity index (χ0) is 31.5. The number of esters is 1. The number of methoxy groups -OCH3 is 1. The second-order valence-corrected chi connectivity index (χ2v) is 14.0. The number of pyridine rings is 1. The number of halogens is 1. The molecule has 9 heteroatoms. The number of piperidine rings is 1. The minimum atomic E-state index is -0.782. The van der Waals surface area contributed by atoms with E-state index in [2.05, 4.69) is 51.7 Å². The van der Waals surface area contributed by atoms with Gasteiger partial charge in [-0.15, -0.1) is 0 Å². The molecule has 0 radical (unpaired) electrons. The molecule has 1 aliphatic rings. The van der Waals surface area contributed by atoms with Gasteiger partial charge in [0.15, 0.2) is 0 Å². The molecule has 2 aromatic heterocycles. The number of carbonyl (C=O) groups excluding carboxylic acids is 2. The van der Waals surface area contributed by atoms with E-state index in [1.807, 2.05) is 47.6 Å². The highest BCUT2D eigenvalue weighted by molar-refractivity contribution is 9.10. The third-order valence-electron chi connectivity index (χ3n) is 7.90. The second kappa shape index (κ2) is 13.4. The predicted octanol–water partition coefficient (Wildman–Crippen LogP) is 8.09. The molecule has 234 valence electrons. The van der Waals surface area contributed by atoms with Crippen molar-refractivity contribution < 1.29 is 23.8 Å². The minimum Gasteiger partial charge on any atom is -0.459 e. The van der Waals surface area contributed by atoms with Crippen LogP contribution < -0.4 is 0 Å². The van der Waals surface area contributed by atoms with E-state index in [9.17, 15) is 9.59 Å². The molecular formula is C34H46BrN3O5. The predicted molar refractivity (Wildman–Crippen MR) is 173 cm³/mol. The molecule has 1 amide bonds. The Kier molecular flexibility index (Phi) is 10.3. The number of rotatable bonds is 9. The van der Waals surface area contributed by atoms with Gasteiger partial charge >= 0.3 is 12.1 Å². The van der Waals surface area contributed by atoms with E-state index < -0.39 is 11.2 Å². The third-order valence-corrected chi connectivity index (χ3v) is 8.39. The lowest BCUT2D eigenvalue weighted by molar-refractivity contribution is -0.157. The van der Waals surface area contributed by atoms with E-state index in [0.29, 0.717) is 19.5 Å². The first-order valence-electron chi connectivity index (χ1n) is 15.2. The maximum absolute atomic E-state index is 13.3. The third kappa shape index (κ3) is 7.98. The monoisotopic (exact) mass is 655 g/mol. The summed E-state index contributed by atoms with van der Waals surface area (Å²) >= 11 is 3.67. The van der Waals surface area contributed by atoms with Crippen LogP contribution in [0.3, 0.4) is 0 Å². The van der Waals surface area contributed by atoms with Gasteiger partial charge in [0.05, 0.1) is 23.9 Å². The van der Waals surface area contributed by atoms with Crippen LogP contribution in [0.5, 0.6) is 0 Å². The number of hydrogen-bond donors (Lipinski definition) is 0. The van der Waals surface area contributed by atoms with Crippen LogP contribution in [-0.4, -0.2) is 57.9 Å². The van der Waals surface area contributed by atoms with Crippen LogP contribution in [0.15, 0.2) is 41.0 Å². The van der Waals surface area contributed by atoms with Crippen molar-refractivity contribution in [2.75, 3.05) is 20.2 Å². The van der Waals surface area contributed by atoms with E-state index in [0.717, 1.165) is 57.3 Å². The van der Waals surface area contributed by atoms with Crippen molar-refractivity contribution in [1.82, 2.24) is 14.5 Å². The first-order chi connectivity index (χ1) is 20.2. The number of amides is 1. The quantitative estimate of drug-likeness (QED) is 0.217. The number of aromatic nitrogens is 2. The molecule has 0 bridgehead atoms. The lowest BCUT2D eigenvalue weighted by atomic mass is 9.92. The van der Waals surface area contributed by atoms with E-state index in [-0.39, 0.29) is 30.5 Å². The van der Waals surface area contributed by atoms with Crippen molar-refractivity contribution >= 4 is 38.9 Å². The maximum Gasteiger partial charge on any atom is 0.410 e. The van der Waals surface area contributed by atoms with Gasteiger partial charge in [-0.25, -0.2) is 4.79 Å². The van der Waals surface area contributed by atoms with Crippen molar-refractivity contribution in [1.29, 1.82) is 0 Å². The van der Waals surface area contributed by atoms with Crippen LogP contribution >= 0.6 is 15.9 Å². The van der Waals surface area contributed by atoms with Gasteiger partial charge in [-0.2, -0.15) is 0 Å². The normalized spacial score (nSPS) is 16.8. The summed E-state index contributed by atoms with van der Waals surface area (Å²) in [6.45, 7) is 15.6. The van der Waals surface area contributed by atoms with Crippen LogP contribution in [0.4, 0.5) is 4.79 Å². The van der Waals surface area contributed by atoms with Gasteiger partial charge in [0.1, 0.15) is 11.2 Å². The molecule has 1 aliphatic heterocycles. The average Bonchev–Trinajstić information content (AvgIpc) is 3.22. The summed E-state index contributed by atoms with van der Waals surface area (Å²) in [5, 5.41) is 1.11. The summed E-state index contributed by atoms with van der Waals surface area (Å²) in [6, 6.07) is 10.4. The van der Waals surface area contributed by atoms with Gasteiger partial charge in [0.25, 0.3) is 0 Å². The SMILES string of the molecule is CCn1c(-c2cccnc2[C@H](C)OC)c(CC(C)(C)OC(=O)C[C@H]2CCCN(C(=O)OC(C)(C)C)C2)c2cc(Br)ccc21. The number of ether oxygens (including phenoxy) is 3. The highest BCUT2D eigenvalue weighted by Crippen LogP contribution is 2.40. The standard InChI is InChI=1S/C34H46BrN3O5/c1-9-38-28-15-14-24(35)19-26(28)27(31(38)25-13-10-16-36-30(25)22(2)41-8)20-34(6,7)42-29(39)18-23-12-11-17-37(21-23)32(40)43-33(3,4)5/h10,13-16,19,22-23H,9,11-12,17-18,20-21H2,1-8H3/t22-,23+/m0/s1. The minimum absolute atomic E-state index is 0.0339. The van der Waals surface area contributed by atoms with Crippen molar-refractivity contribution in [2.24, 2.45) is 5.92 Å². The molecule has 43 heavy (non-hydrogen) atoms. The highest BCUT2D eigenvalue weighted by Gasteiger charge is 2.33. The van der Waals surface area contributed by atoms with Gasteiger partial charge in [0.2, 0.25) is 0 Å². The van der Waals surface area contributed by atoms with E-state index >= 15 is 0 Å². The highest BCUT2D eigenvalue weighted by atomic mass is 79.9. The fraction of sp³-hybridized carbons (Fsp3) is 0.559. The van der Waals surface area contributed by atoms with Crippen LogP contribution in [-0.2, 0) is 32.0 Å². The first-order valence-corrected chi connectivity index (χ1v) is 16.0. The molecule has 1 fully saturated rings. The number of carbonyl (C=O) groups is 2. The molecule has 3 heterocycles. The Morgan fingerprint density at radius 1 is 1.14 bits per heavy atom.